The van der Waals surface area contributed by atoms with Crippen LogP contribution in [0.25, 0.3) is 0 Å². The van der Waals surface area contributed by atoms with E-state index in [9.17, 15) is 9.90 Å². The number of carbonyl (C=O) groups excluding carboxylic acids is 1. The van der Waals surface area contributed by atoms with Gasteiger partial charge in [0.2, 0.25) is 0 Å². The standard InChI is InChI=1S/C16H24N2O2S/c1-2-13(19)11-17-6-8-18(9-7-17)16(20)15-14(5-10-21-15)12-3-4-12/h5,10,12-13,19H,2-4,6-9,11H2,1H3/t13-/m1/s1. The summed E-state index contributed by atoms with van der Waals surface area (Å²) >= 11 is 1.59. The van der Waals surface area contributed by atoms with Crippen LogP contribution in [0, 0.1) is 0 Å². The minimum atomic E-state index is -0.244. The average molecular weight is 308 g/mol. The number of hydrogen-bond acceptors (Lipinski definition) is 4. The zero-order chi connectivity index (χ0) is 14.8. The van der Waals surface area contributed by atoms with Crippen LogP contribution in [-0.2, 0) is 0 Å². The predicted molar refractivity (Wildman–Crippen MR) is 84.9 cm³/mol. The van der Waals surface area contributed by atoms with Crippen molar-refractivity contribution in [3.05, 3.63) is 21.9 Å². The molecule has 0 bridgehead atoms. The van der Waals surface area contributed by atoms with Crippen molar-refractivity contribution in [1.29, 1.82) is 0 Å². The van der Waals surface area contributed by atoms with Crippen LogP contribution in [0.4, 0.5) is 0 Å². The molecule has 2 heterocycles. The van der Waals surface area contributed by atoms with Gasteiger partial charge in [-0.25, -0.2) is 0 Å². The molecule has 116 valence electrons. The zero-order valence-electron chi connectivity index (χ0n) is 12.6. The molecular formula is C16H24N2O2S. The first-order valence-electron chi connectivity index (χ1n) is 7.96. The van der Waals surface area contributed by atoms with Gasteiger partial charge in [-0.1, -0.05) is 6.92 Å². The van der Waals surface area contributed by atoms with Gasteiger partial charge in [0, 0.05) is 32.7 Å². The molecule has 4 nitrogen and oxygen atoms in total. The van der Waals surface area contributed by atoms with Crippen LogP contribution in [0.3, 0.4) is 0 Å². The minimum Gasteiger partial charge on any atom is -0.392 e. The van der Waals surface area contributed by atoms with E-state index in [0.717, 1.165) is 44.0 Å². The van der Waals surface area contributed by atoms with E-state index in [0.29, 0.717) is 5.92 Å². The van der Waals surface area contributed by atoms with Crippen molar-refractivity contribution >= 4 is 17.2 Å². The van der Waals surface area contributed by atoms with Gasteiger partial charge in [-0.2, -0.15) is 0 Å². The van der Waals surface area contributed by atoms with Gasteiger partial charge < -0.3 is 10.0 Å². The van der Waals surface area contributed by atoms with Crippen LogP contribution in [0.1, 0.15) is 47.3 Å². The number of aliphatic hydroxyl groups excluding tert-OH is 1. The van der Waals surface area contributed by atoms with Gasteiger partial charge in [0.25, 0.3) is 5.91 Å². The highest BCUT2D eigenvalue weighted by Gasteiger charge is 2.31. The molecule has 1 atom stereocenters. The third kappa shape index (κ3) is 3.47. The molecule has 1 aromatic heterocycles. The third-order valence-electron chi connectivity index (χ3n) is 4.51. The monoisotopic (exact) mass is 308 g/mol. The summed E-state index contributed by atoms with van der Waals surface area (Å²) in [5.41, 5.74) is 1.27. The molecule has 0 aromatic carbocycles. The predicted octanol–water partition coefficient (Wildman–Crippen LogP) is 2.15. The molecule has 1 saturated carbocycles. The fraction of sp³-hybridized carbons (Fsp3) is 0.688. The molecular weight excluding hydrogens is 284 g/mol. The lowest BCUT2D eigenvalue weighted by molar-refractivity contribution is 0.0526. The maximum Gasteiger partial charge on any atom is 0.264 e. The second-order valence-electron chi connectivity index (χ2n) is 6.13. The van der Waals surface area contributed by atoms with Gasteiger partial charge in [0.05, 0.1) is 11.0 Å². The molecule has 3 rings (SSSR count). The van der Waals surface area contributed by atoms with Crippen molar-refractivity contribution in [3.63, 3.8) is 0 Å². The number of rotatable bonds is 5. The number of nitrogens with zero attached hydrogens (tertiary/aromatic N) is 2. The molecule has 2 aliphatic rings. The van der Waals surface area contributed by atoms with Crippen LogP contribution in [0.5, 0.6) is 0 Å². The number of piperazine rings is 1. The van der Waals surface area contributed by atoms with E-state index in [-0.39, 0.29) is 12.0 Å². The van der Waals surface area contributed by atoms with Crippen molar-refractivity contribution in [3.8, 4) is 0 Å². The number of β-amino-alcohol motifs (C(OH)–C–C–N with tert-alkyl or cyclic N) is 1. The van der Waals surface area contributed by atoms with Crippen molar-refractivity contribution in [2.24, 2.45) is 0 Å². The Balaban J connectivity index is 1.56. The maximum absolute atomic E-state index is 12.7. The van der Waals surface area contributed by atoms with Gasteiger partial charge in [-0.05, 0) is 42.2 Å². The number of amides is 1. The fourth-order valence-corrected chi connectivity index (χ4v) is 3.86. The lowest BCUT2D eigenvalue weighted by Gasteiger charge is -2.35. The summed E-state index contributed by atoms with van der Waals surface area (Å²) in [6.07, 6.45) is 3.02. The van der Waals surface area contributed by atoms with Gasteiger partial charge >= 0.3 is 0 Å². The molecule has 2 fully saturated rings. The Morgan fingerprint density at radius 1 is 1.38 bits per heavy atom. The van der Waals surface area contributed by atoms with Crippen LogP contribution in [0.2, 0.25) is 0 Å². The molecule has 1 N–H and O–H groups in total. The smallest absolute Gasteiger partial charge is 0.264 e. The van der Waals surface area contributed by atoms with Crippen molar-refractivity contribution in [1.82, 2.24) is 9.80 Å². The first-order valence-corrected chi connectivity index (χ1v) is 8.84. The van der Waals surface area contributed by atoms with Crippen molar-refractivity contribution < 1.29 is 9.90 Å². The molecule has 0 unspecified atom stereocenters. The Hall–Kier alpha value is -0.910. The first kappa shape index (κ1) is 15.0. The molecule has 1 aliphatic heterocycles. The quantitative estimate of drug-likeness (QED) is 0.906. The number of carbonyl (C=O) groups is 1. The Kier molecular flexibility index (Phi) is 4.62. The summed E-state index contributed by atoms with van der Waals surface area (Å²) in [7, 11) is 0. The summed E-state index contributed by atoms with van der Waals surface area (Å²) in [6, 6.07) is 2.13. The number of hydrogen-bond donors (Lipinski definition) is 1. The van der Waals surface area contributed by atoms with Crippen LogP contribution in [-0.4, -0.2) is 59.6 Å². The van der Waals surface area contributed by atoms with Crippen LogP contribution >= 0.6 is 11.3 Å². The normalized spacial score (nSPS) is 21.5. The second-order valence-corrected chi connectivity index (χ2v) is 7.05. The van der Waals surface area contributed by atoms with Crippen LogP contribution < -0.4 is 0 Å². The van der Waals surface area contributed by atoms with E-state index in [4.69, 9.17) is 0 Å². The summed E-state index contributed by atoms with van der Waals surface area (Å²) in [6.45, 7) is 6.01. The molecule has 5 heteroatoms. The minimum absolute atomic E-state index is 0.211. The van der Waals surface area contributed by atoms with Gasteiger partial charge in [0.15, 0.2) is 0 Å². The summed E-state index contributed by atoms with van der Waals surface area (Å²) in [4.78, 5) is 17.9. The maximum atomic E-state index is 12.7. The Bertz CT molecular complexity index is 490. The second kappa shape index (κ2) is 6.46. The van der Waals surface area contributed by atoms with E-state index >= 15 is 0 Å². The Labute approximate surface area is 130 Å². The molecule has 0 spiro atoms. The van der Waals surface area contributed by atoms with Crippen molar-refractivity contribution in [2.75, 3.05) is 32.7 Å². The molecule has 0 radical (unpaired) electrons. The average Bonchev–Trinajstić information content (AvgIpc) is 3.24. The fourth-order valence-electron chi connectivity index (χ4n) is 2.91. The molecule has 1 aliphatic carbocycles. The van der Waals surface area contributed by atoms with E-state index in [1.807, 2.05) is 11.8 Å². The van der Waals surface area contributed by atoms with Crippen LogP contribution in [0.15, 0.2) is 11.4 Å². The van der Waals surface area contributed by atoms with Gasteiger partial charge in [-0.3, -0.25) is 9.69 Å². The highest BCUT2D eigenvalue weighted by Crippen LogP contribution is 2.43. The summed E-state index contributed by atoms with van der Waals surface area (Å²) in [5, 5.41) is 11.8. The lowest BCUT2D eigenvalue weighted by atomic mass is 10.1. The highest BCUT2D eigenvalue weighted by molar-refractivity contribution is 7.12. The lowest BCUT2D eigenvalue weighted by Crippen LogP contribution is -2.50. The third-order valence-corrected chi connectivity index (χ3v) is 5.42. The Morgan fingerprint density at radius 2 is 2.10 bits per heavy atom. The van der Waals surface area contributed by atoms with E-state index < -0.39 is 0 Å². The van der Waals surface area contributed by atoms with E-state index in [2.05, 4.69) is 16.3 Å². The SMILES string of the molecule is CC[C@@H](O)CN1CCN(C(=O)c2sccc2C2CC2)CC1. The highest BCUT2D eigenvalue weighted by atomic mass is 32.1. The molecule has 1 amide bonds. The molecule has 1 saturated heterocycles. The summed E-state index contributed by atoms with van der Waals surface area (Å²) < 4.78 is 0. The molecule has 21 heavy (non-hydrogen) atoms. The van der Waals surface area contributed by atoms with Gasteiger partial charge in [-0.15, -0.1) is 11.3 Å². The number of aliphatic hydroxyl groups is 1. The largest absolute Gasteiger partial charge is 0.392 e. The van der Waals surface area contributed by atoms with Crippen molar-refractivity contribution in [2.45, 2.75) is 38.2 Å². The summed E-state index contributed by atoms with van der Waals surface area (Å²) in [5.74, 6) is 0.846. The topological polar surface area (TPSA) is 43.8 Å². The zero-order valence-corrected chi connectivity index (χ0v) is 13.4. The van der Waals surface area contributed by atoms with E-state index in [1.165, 1.54) is 18.4 Å². The van der Waals surface area contributed by atoms with E-state index in [1.54, 1.807) is 11.3 Å². The molecule has 1 aromatic rings. The number of thiophene rings is 1. The van der Waals surface area contributed by atoms with Gasteiger partial charge in [0.1, 0.15) is 0 Å². The Morgan fingerprint density at radius 3 is 2.71 bits per heavy atom. The first-order chi connectivity index (χ1) is 10.2.